The number of fused-ring (bicyclic) bond motifs is 5. The molecule has 3 saturated heterocycles. The van der Waals surface area contributed by atoms with Crippen molar-refractivity contribution < 1.29 is 38.3 Å². The van der Waals surface area contributed by atoms with Crippen molar-refractivity contribution >= 4 is 11.5 Å². The first-order chi connectivity index (χ1) is 30.8. The molecule has 1 aromatic heterocycles. The second-order valence-electron chi connectivity index (χ2n) is 20.2. The third-order valence-electron chi connectivity index (χ3n) is 16.3. The maximum Gasteiger partial charge on any atom is 0.434 e. The lowest BCUT2D eigenvalue weighted by molar-refractivity contribution is -0.148. The number of hydrogen-bond acceptors (Lipinski definition) is 12. The highest BCUT2D eigenvalue weighted by Crippen LogP contribution is 2.62. The number of piperidine rings is 1. The van der Waals surface area contributed by atoms with Gasteiger partial charge >= 0.3 is 6.18 Å². The molecule has 3 aliphatic heterocycles. The van der Waals surface area contributed by atoms with Crippen LogP contribution in [0.4, 0.5) is 24.7 Å². The van der Waals surface area contributed by atoms with Crippen molar-refractivity contribution in [2.75, 3.05) is 75.7 Å². The summed E-state index contributed by atoms with van der Waals surface area (Å²) < 4.78 is 45.1. The number of phenols is 1. The van der Waals surface area contributed by atoms with Gasteiger partial charge in [-0.25, -0.2) is 4.98 Å². The van der Waals surface area contributed by atoms with E-state index in [0.717, 1.165) is 116 Å². The number of phenolic OH excluding ortho intramolecular Hbond substituents is 1. The summed E-state index contributed by atoms with van der Waals surface area (Å²) >= 11 is 0. The first-order valence-electron chi connectivity index (χ1n) is 23.9. The first-order valence-corrected chi connectivity index (χ1v) is 23.9. The predicted octanol–water partition coefficient (Wildman–Crippen LogP) is 5.65. The van der Waals surface area contributed by atoms with Crippen LogP contribution < -0.4 is 15.5 Å². The number of aliphatic hydroxyl groups excluding tert-OH is 3. The monoisotopic (exact) mass is 892 g/mol. The van der Waals surface area contributed by atoms with E-state index in [1.54, 1.807) is 0 Å². The van der Waals surface area contributed by atoms with Crippen LogP contribution in [0.25, 0.3) is 0 Å². The van der Waals surface area contributed by atoms with Crippen LogP contribution in [-0.4, -0.2) is 136 Å². The Morgan fingerprint density at radius 2 is 1.62 bits per heavy atom. The van der Waals surface area contributed by atoms with Gasteiger partial charge in [0.25, 0.3) is 0 Å². The van der Waals surface area contributed by atoms with Gasteiger partial charge in [-0.05, 0) is 140 Å². The van der Waals surface area contributed by atoms with Gasteiger partial charge in [0.05, 0.1) is 37.3 Å². The number of nitrogens with one attached hydrogen (secondary N) is 2. The van der Waals surface area contributed by atoms with E-state index in [4.69, 9.17) is 4.74 Å². The zero-order chi connectivity index (χ0) is 44.6. The highest BCUT2D eigenvalue weighted by molar-refractivity contribution is 5.48. The quantitative estimate of drug-likeness (QED) is 0.118. The Hall–Kier alpha value is -3.57. The average Bonchev–Trinajstić information content (AvgIpc) is 3.60. The molecule has 4 unspecified atom stereocenters. The van der Waals surface area contributed by atoms with Crippen LogP contribution in [-0.2, 0) is 23.9 Å². The summed E-state index contributed by atoms with van der Waals surface area (Å²) in [6.07, 6.45) is 3.84. The molecule has 0 bridgehead atoms. The predicted molar refractivity (Wildman–Crippen MR) is 239 cm³/mol. The number of piperazine rings is 1. The Morgan fingerprint density at radius 3 is 2.38 bits per heavy atom. The number of aromatic hydroxyl groups is 1. The number of hydrogen-bond donors (Lipinski definition) is 6. The van der Waals surface area contributed by atoms with Crippen LogP contribution in [0.2, 0.25) is 0 Å². The van der Waals surface area contributed by atoms with E-state index in [1.165, 1.54) is 28.8 Å². The van der Waals surface area contributed by atoms with Crippen molar-refractivity contribution in [2.24, 2.45) is 29.1 Å². The Balaban J connectivity index is 0.666. The van der Waals surface area contributed by atoms with Crippen LogP contribution in [0.15, 0.2) is 54.9 Å². The molecule has 9 rings (SSSR count). The maximum atomic E-state index is 13.1. The molecule has 2 aromatic carbocycles. The standard InChI is InChI=1S/C49H68F3N7O5/c1-48-15-12-38-37-9-8-36(60)24-34(37)23-33(45(38)39(48)10-11-43(48)61)3-2-16-53-25-31-4-6-35(7-5-31)59-17-13-32(14-18-59)28-57-19-21-58(22-20-57)29-41-47(63)46(62)40(30-64-41)55-44-27-54-26-42(56-44)49(50,51)52/h4-9,24,26-27,32-33,38-41,43,45-47,53,60-63H,2-3,10-23,25,28-30H2,1H3,(H,55,56)/t33?,38?,39?,40-,41+,43-,45?,46+,47-,48-/m0/s1. The van der Waals surface area contributed by atoms with Crippen molar-refractivity contribution in [2.45, 2.75) is 114 Å². The van der Waals surface area contributed by atoms with Gasteiger partial charge < -0.3 is 45.6 Å². The fraction of sp³-hybridized carbons (Fsp3) is 0.673. The molecule has 6 aliphatic rings. The van der Waals surface area contributed by atoms with Gasteiger partial charge in [0.15, 0.2) is 5.69 Å². The van der Waals surface area contributed by atoms with Crippen LogP contribution in [0.5, 0.6) is 5.75 Å². The molecule has 6 N–H and O–H groups in total. The molecule has 0 spiro atoms. The number of rotatable bonds is 13. The zero-order valence-electron chi connectivity index (χ0n) is 37.2. The molecule has 350 valence electrons. The Morgan fingerprint density at radius 1 is 0.875 bits per heavy atom. The minimum absolute atomic E-state index is 0.0154. The molecule has 0 radical (unpaired) electrons. The summed E-state index contributed by atoms with van der Waals surface area (Å²) in [4.78, 5) is 14.4. The zero-order valence-corrected chi connectivity index (χ0v) is 37.2. The SMILES string of the molecule is C[C@]12CCC3c4ccc(O)cc4CC(CCCNCc4ccc(N5CCC(CN6CCN(C[C@H]7OC[C@H](Nc8cncc(C(F)(F)F)n8)[C@@H](O)[C@H]7O)CC6)CC5)cc4)C3C1CC[C@@H]2O. The molecular formula is C49H68F3N7O5. The van der Waals surface area contributed by atoms with Gasteiger partial charge in [0, 0.05) is 64.6 Å². The highest BCUT2D eigenvalue weighted by Gasteiger charge is 2.56. The van der Waals surface area contributed by atoms with Crippen LogP contribution >= 0.6 is 0 Å². The average molecular weight is 892 g/mol. The number of ether oxygens (including phenoxy) is 1. The minimum Gasteiger partial charge on any atom is -0.508 e. The summed E-state index contributed by atoms with van der Waals surface area (Å²) in [5.41, 5.74) is 4.27. The number of alkyl halides is 3. The van der Waals surface area contributed by atoms with E-state index < -0.39 is 36.2 Å². The molecule has 15 heteroatoms. The van der Waals surface area contributed by atoms with Crippen molar-refractivity contribution in [3.63, 3.8) is 0 Å². The Labute approximate surface area is 375 Å². The minimum atomic E-state index is -4.64. The van der Waals surface area contributed by atoms with E-state index in [-0.39, 0.29) is 23.9 Å². The van der Waals surface area contributed by atoms with E-state index in [0.29, 0.717) is 48.1 Å². The third kappa shape index (κ3) is 9.91. The van der Waals surface area contributed by atoms with Gasteiger partial charge in [0.1, 0.15) is 23.8 Å². The lowest BCUT2D eigenvalue weighted by Crippen LogP contribution is -2.59. The topological polar surface area (TPSA) is 150 Å². The Kier molecular flexibility index (Phi) is 13.8. The molecule has 3 aromatic rings. The number of halogens is 3. The van der Waals surface area contributed by atoms with Crippen molar-refractivity contribution in [3.8, 4) is 5.75 Å². The molecule has 10 atom stereocenters. The number of aliphatic hydroxyl groups is 3. The first kappa shape index (κ1) is 45.6. The van der Waals surface area contributed by atoms with Crippen LogP contribution in [0.1, 0.15) is 86.6 Å². The molecule has 3 aliphatic carbocycles. The summed E-state index contributed by atoms with van der Waals surface area (Å²) in [6, 6.07) is 14.3. The summed E-state index contributed by atoms with van der Waals surface area (Å²) in [5, 5.41) is 49.5. The van der Waals surface area contributed by atoms with Crippen molar-refractivity contribution in [3.05, 3.63) is 77.2 Å². The largest absolute Gasteiger partial charge is 0.508 e. The third-order valence-corrected chi connectivity index (χ3v) is 16.3. The fourth-order valence-corrected chi connectivity index (χ4v) is 12.7. The van der Waals surface area contributed by atoms with Gasteiger partial charge in [-0.15, -0.1) is 0 Å². The molecule has 0 amide bonds. The highest BCUT2D eigenvalue weighted by atomic mass is 19.4. The normalized spacial score (nSPS) is 32.8. The molecular weight excluding hydrogens is 824 g/mol. The maximum absolute atomic E-state index is 13.1. The van der Waals surface area contributed by atoms with Gasteiger partial charge in [-0.3, -0.25) is 9.88 Å². The second-order valence-corrected chi connectivity index (χ2v) is 20.2. The summed E-state index contributed by atoms with van der Waals surface area (Å²) in [5.74, 6) is 3.17. The van der Waals surface area contributed by atoms with E-state index in [1.807, 2.05) is 12.1 Å². The fourth-order valence-electron chi connectivity index (χ4n) is 12.7. The number of aromatic nitrogens is 2. The molecule has 5 fully saturated rings. The lowest BCUT2D eigenvalue weighted by Gasteiger charge is -2.53. The van der Waals surface area contributed by atoms with Gasteiger partial charge in [-0.2, -0.15) is 13.2 Å². The van der Waals surface area contributed by atoms with Gasteiger partial charge in [0.2, 0.25) is 0 Å². The van der Waals surface area contributed by atoms with Gasteiger partial charge in [-0.1, -0.05) is 25.1 Å². The van der Waals surface area contributed by atoms with Crippen molar-refractivity contribution in [1.29, 1.82) is 0 Å². The summed E-state index contributed by atoms with van der Waals surface area (Å²) in [6.45, 7) is 11.3. The number of nitrogens with zero attached hydrogens (tertiary/aromatic N) is 5. The van der Waals surface area contributed by atoms with Crippen LogP contribution in [0, 0.1) is 29.1 Å². The number of anilines is 2. The Bertz CT molecular complexity index is 2010. The van der Waals surface area contributed by atoms with Crippen LogP contribution in [0.3, 0.4) is 0 Å². The lowest BCUT2D eigenvalue weighted by atomic mass is 9.52. The molecule has 12 nitrogen and oxygen atoms in total. The second kappa shape index (κ2) is 19.3. The molecule has 4 heterocycles. The smallest absolute Gasteiger partial charge is 0.434 e. The number of benzene rings is 2. The molecule has 2 saturated carbocycles. The van der Waals surface area contributed by atoms with Crippen molar-refractivity contribution in [1.82, 2.24) is 25.1 Å². The van der Waals surface area contributed by atoms with E-state index in [9.17, 15) is 33.6 Å². The van der Waals surface area contributed by atoms with E-state index >= 15 is 0 Å². The summed E-state index contributed by atoms with van der Waals surface area (Å²) in [7, 11) is 0. The van der Waals surface area contributed by atoms with E-state index in [2.05, 4.69) is 72.6 Å². The molecule has 64 heavy (non-hydrogen) atoms.